The molecule has 1 amide bonds. The summed E-state index contributed by atoms with van der Waals surface area (Å²) in [6.45, 7) is 1.65. The molecule has 0 radical (unpaired) electrons. The molecule has 0 aromatic heterocycles. The molecule has 0 saturated carbocycles. The van der Waals surface area contributed by atoms with Crippen molar-refractivity contribution >= 4 is 22.0 Å². The zero-order valence-corrected chi connectivity index (χ0v) is 11.0. The molecule has 4 nitrogen and oxygen atoms in total. The quantitative estimate of drug-likeness (QED) is 0.922. The number of hydrogen-bond donors (Lipinski definition) is 1. The van der Waals surface area contributed by atoms with Crippen molar-refractivity contribution < 1.29 is 9.53 Å². The third kappa shape index (κ3) is 2.98. The first-order chi connectivity index (χ1) is 8.20. The van der Waals surface area contributed by atoms with Gasteiger partial charge in [-0.05, 0) is 18.1 Å². The number of ether oxygens (including phenoxy) is 1. The average Bonchev–Trinajstić information content (AvgIpc) is 2.69. The van der Waals surface area contributed by atoms with E-state index in [1.165, 1.54) is 5.56 Å². The van der Waals surface area contributed by atoms with Gasteiger partial charge in [-0.3, -0.25) is 0 Å². The van der Waals surface area contributed by atoms with E-state index < -0.39 is 0 Å². The van der Waals surface area contributed by atoms with E-state index in [0.717, 1.165) is 10.9 Å². The molecule has 0 aliphatic carbocycles. The van der Waals surface area contributed by atoms with Crippen molar-refractivity contribution in [3.8, 4) is 0 Å². The normalized spacial score (nSPS) is 19.5. The summed E-state index contributed by atoms with van der Waals surface area (Å²) >= 11 is 3.49. The molecule has 1 unspecified atom stereocenters. The molecular formula is C12H15BrN2O2. The lowest BCUT2D eigenvalue weighted by atomic mass is 10.1. The van der Waals surface area contributed by atoms with Gasteiger partial charge in [-0.1, -0.05) is 34.1 Å². The molecule has 2 rings (SSSR count). The topological polar surface area (TPSA) is 55.6 Å². The first kappa shape index (κ1) is 12.4. The molecule has 0 spiro atoms. The lowest BCUT2D eigenvalue weighted by Crippen LogP contribution is -2.29. The molecule has 2 N–H and O–H groups in total. The van der Waals surface area contributed by atoms with Crippen LogP contribution in [0.15, 0.2) is 28.7 Å². The zero-order valence-electron chi connectivity index (χ0n) is 9.43. The van der Waals surface area contributed by atoms with Crippen LogP contribution in [0.4, 0.5) is 4.79 Å². The van der Waals surface area contributed by atoms with Crippen molar-refractivity contribution in [3.63, 3.8) is 0 Å². The molecule has 5 heteroatoms. The van der Waals surface area contributed by atoms with Crippen LogP contribution in [0, 0.1) is 0 Å². The SMILES string of the molecule is NCC1CN(CCc2ccccc2Br)C(=O)O1. The van der Waals surface area contributed by atoms with Gasteiger partial charge in [-0.25, -0.2) is 4.79 Å². The lowest BCUT2D eigenvalue weighted by molar-refractivity contribution is 0.135. The van der Waals surface area contributed by atoms with Crippen LogP contribution in [-0.4, -0.2) is 36.7 Å². The number of carbonyl (C=O) groups excluding carboxylic acids is 1. The first-order valence-electron chi connectivity index (χ1n) is 5.59. The van der Waals surface area contributed by atoms with Crippen LogP contribution in [0.5, 0.6) is 0 Å². The van der Waals surface area contributed by atoms with E-state index in [9.17, 15) is 4.79 Å². The zero-order chi connectivity index (χ0) is 12.3. The fraction of sp³-hybridized carbons (Fsp3) is 0.417. The Balaban J connectivity index is 1.91. The van der Waals surface area contributed by atoms with Gasteiger partial charge in [0, 0.05) is 17.6 Å². The number of amides is 1. The molecule has 1 saturated heterocycles. The number of nitrogens with two attached hydrogens (primary N) is 1. The van der Waals surface area contributed by atoms with E-state index in [-0.39, 0.29) is 12.2 Å². The van der Waals surface area contributed by atoms with Crippen LogP contribution in [0.1, 0.15) is 5.56 Å². The molecular weight excluding hydrogens is 284 g/mol. The summed E-state index contributed by atoms with van der Waals surface area (Å²) in [5, 5.41) is 0. The maximum absolute atomic E-state index is 11.5. The van der Waals surface area contributed by atoms with Gasteiger partial charge in [-0.2, -0.15) is 0 Å². The molecule has 92 valence electrons. The van der Waals surface area contributed by atoms with Crippen molar-refractivity contribution in [3.05, 3.63) is 34.3 Å². The maximum Gasteiger partial charge on any atom is 0.410 e. The molecule has 1 aromatic rings. The Morgan fingerprint density at radius 3 is 2.88 bits per heavy atom. The average molecular weight is 299 g/mol. The second kappa shape index (κ2) is 5.51. The van der Waals surface area contributed by atoms with Crippen LogP contribution >= 0.6 is 15.9 Å². The summed E-state index contributed by atoms with van der Waals surface area (Å²) in [5.41, 5.74) is 6.67. The van der Waals surface area contributed by atoms with Crippen LogP contribution in [0.3, 0.4) is 0 Å². The van der Waals surface area contributed by atoms with E-state index in [2.05, 4.69) is 15.9 Å². The number of halogens is 1. The van der Waals surface area contributed by atoms with Crippen LogP contribution in [0.2, 0.25) is 0 Å². The molecule has 1 aliphatic heterocycles. The third-order valence-electron chi connectivity index (χ3n) is 2.82. The first-order valence-corrected chi connectivity index (χ1v) is 6.39. The summed E-state index contributed by atoms with van der Waals surface area (Å²) in [4.78, 5) is 13.2. The Hall–Kier alpha value is -1.07. The highest BCUT2D eigenvalue weighted by atomic mass is 79.9. The van der Waals surface area contributed by atoms with Crippen molar-refractivity contribution in [1.82, 2.24) is 4.90 Å². The summed E-state index contributed by atoms with van der Waals surface area (Å²) in [5.74, 6) is 0. The highest BCUT2D eigenvalue weighted by Gasteiger charge is 2.29. The van der Waals surface area contributed by atoms with E-state index in [0.29, 0.717) is 19.6 Å². The molecule has 1 atom stereocenters. The summed E-state index contributed by atoms with van der Waals surface area (Å²) in [6, 6.07) is 8.01. The van der Waals surface area contributed by atoms with Crippen LogP contribution in [-0.2, 0) is 11.2 Å². The Morgan fingerprint density at radius 2 is 2.24 bits per heavy atom. The molecule has 1 aromatic carbocycles. The van der Waals surface area contributed by atoms with E-state index in [1.807, 2.05) is 24.3 Å². The number of nitrogens with zero attached hydrogens (tertiary/aromatic N) is 1. The van der Waals surface area contributed by atoms with Gasteiger partial charge in [0.2, 0.25) is 0 Å². The summed E-state index contributed by atoms with van der Waals surface area (Å²) < 4.78 is 6.16. The predicted molar refractivity (Wildman–Crippen MR) is 68.7 cm³/mol. The van der Waals surface area contributed by atoms with Crippen LogP contribution < -0.4 is 5.73 Å². The van der Waals surface area contributed by atoms with Gasteiger partial charge in [-0.15, -0.1) is 0 Å². The fourth-order valence-corrected chi connectivity index (χ4v) is 2.32. The predicted octanol–water partition coefficient (Wildman–Crippen LogP) is 1.77. The van der Waals surface area contributed by atoms with Crippen molar-refractivity contribution in [2.45, 2.75) is 12.5 Å². The maximum atomic E-state index is 11.5. The number of benzene rings is 1. The number of carbonyl (C=O) groups is 1. The minimum absolute atomic E-state index is 0.151. The second-order valence-electron chi connectivity index (χ2n) is 4.03. The number of rotatable bonds is 4. The molecule has 0 bridgehead atoms. The van der Waals surface area contributed by atoms with Gasteiger partial charge < -0.3 is 15.4 Å². The molecule has 1 heterocycles. The van der Waals surface area contributed by atoms with Crippen molar-refractivity contribution in [1.29, 1.82) is 0 Å². The van der Waals surface area contributed by atoms with E-state index in [1.54, 1.807) is 4.90 Å². The highest BCUT2D eigenvalue weighted by Crippen LogP contribution is 2.18. The van der Waals surface area contributed by atoms with Gasteiger partial charge >= 0.3 is 6.09 Å². The number of hydrogen-bond acceptors (Lipinski definition) is 3. The molecule has 1 aliphatic rings. The van der Waals surface area contributed by atoms with Gasteiger partial charge in [0.15, 0.2) is 0 Å². The smallest absolute Gasteiger partial charge is 0.410 e. The Morgan fingerprint density at radius 1 is 1.47 bits per heavy atom. The summed E-state index contributed by atoms with van der Waals surface area (Å²) in [6.07, 6.45) is 0.405. The molecule has 17 heavy (non-hydrogen) atoms. The van der Waals surface area contributed by atoms with E-state index >= 15 is 0 Å². The van der Waals surface area contributed by atoms with Gasteiger partial charge in [0.1, 0.15) is 6.10 Å². The van der Waals surface area contributed by atoms with Crippen molar-refractivity contribution in [2.75, 3.05) is 19.6 Å². The van der Waals surface area contributed by atoms with E-state index in [4.69, 9.17) is 10.5 Å². The van der Waals surface area contributed by atoms with Crippen LogP contribution in [0.25, 0.3) is 0 Å². The Bertz CT molecular complexity index is 411. The molecule has 1 fully saturated rings. The lowest BCUT2D eigenvalue weighted by Gasteiger charge is -2.13. The monoisotopic (exact) mass is 298 g/mol. The fourth-order valence-electron chi connectivity index (χ4n) is 1.84. The van der Waals surface area contributed by atoms with Gasteiger partial charge in [0.25, 0.3) is 0 Å². The second-order valence-corrected chi connectivity index (χ2v) is 4.88. The largest absolute Gasteiger partial charge is 0.443 e. The number of cyclic esters (lactones) is 1. The summed E-state index contributed by atoms with van der Waals surface area (Å²) in [7, 11) is 0. The Labute approximate surface area is 109 Å². The van der Waals surface area contributed by atoms with Gasteiger partial charge in [0.05, 0.1) is 6.54 Å². The Kier molecular flexibility index (Phi) is 4.02. The minimum Gasteiger partial charge on any atom is -0.443 e. The van der Waals surface area contributed by atoms with Crippen molar-refractivity contribution in [2.24, 2.45) is 5.73 Å². The third-order valence-corrected chi connectivity index (χ3v) is 3.60. The minimum atomic E-state index is -0.257. The standard InChI is InChI=1S/C12H15BrN2O2/c13-11-4-2-1-3-9(11)5-6-15-8-10(7-14)17-12(15)16/h1-4,10H,5-8,14H2. The highest BCUT2D eigenvalue weighted by molar-refractivity contribution is 9.10.